The fourth-order valence-electron chi connectivity index (χ4n) is 15.7. The summed E-state index contributed by atoms with van der Waals surface area (Å²) in [7, 11) is 0. The predicted molar refractivity (Wildman–Crippen MR) is 426 cm³/mol. The molecule has 14 aromatic rings. The molecule has 0 saturated heterocycles. The Kier molecular flexibility index (Phi) is 14.5. The first-order chi connectivity index (χ1) is 51.5. The van der Waals surface area contributed by atoms with E-state index in [1.54, 1.807) is 18.3 Å². The van der Waals surface area contributed by atoms with Gasteiger partial charge in [0.05, 0.1) is 16.8 Å². The van der Waals surface area contributed by atoms with Crippen molar-refractivity contribution in [1.82, 2.24) is 9.55 Å². The fourth-order valence-corrected chi connectivity index (χ4v) is 15.7. The number of aryl methyl sites for hydroxylation is 1. The number of nitrogens with zero attached hydrogens (tertiary/aromatic N) is 5. The van der Waals surface area contributed by atoms with Crippen molar-refractivity contribution < 1.29 is 34.0 Å². The van der Waals surface area contributed by atoms with Crippen molar-refractivity contribution in [2.45, 2.75) is 117 Å². The van der Waals surface area contributed by atoms with Crippen molar-refractivity contribution in [3.63, 3.8) is 0 Å². The van der Waals surface area contributed by atoms with Gasteiger partial charge in [-0.3, -0.25) is 0 Å². The molecule has 512 valence electrons. The second-order valence-corrected chi connectivity index (χ2v) is 31.7. The van der Waals surface area contributed by atoms with Gasteiger partial charge in [-0.25, -0.2) is 4.98 Å². The van der Waals surface area contributed by atoms with E-state index in [0.717, 1.165) is 89.4 Å². The zero-order chi connectivity index (χ0) is 75.5. The van der Waals surface area contributed by atoms with Crippen molar-refractivity contribution >= 4 is 61.6 Å². The summed E-state index contributed by atoms with van der Waals surface area (Å²) in [5.41, 5.74) is 23.1. The molecule has 17 rings (SSSR count). The average molecular weight is 1520 g/mol. The summed E-state index contributed by atoms with van der Waals surface area (Å²) < 4.78 is 64.4. The predicted octanol–water partition coefficient (Wildman–Crippen LogP) is 25.6. The Balaban J connectivity index is 0.00000904. The van der Waals surface area contributed by atoms with E-state index in [4.69, 9.17) is 13.8 Å². The molecule has 0 atom stereocenters. The zero-order valence-electron chi connectivity index (χ0n) is 66.2. The van der Waals surface area contributed by atoms with E-state index in [2.05, 4.69) is 263 Å². The van der Waals surface area contributed by atoms with Gasteiger partial charge < -0.3 is 24.0 Å². The molecule has 1 spiro atoms. The monoisotopic (exact) mass is 1520 g/mol. The first-order valence-corrected chi connectivity index (χ1v) is 35.4. The number of hydrogen-bond acceptors (Lipinski definition) is 5. The number of rotatable bonds is 9. The van der Waals surface area contributed by atoms with Crippen LogP contribution in [0.4, 0.5) is 39.8 Å². The van der Waals surface area contributed by atoms with E-state index >= 15 is 0 Å². The maximum atomic E-state index is 9.91. The van der Waals surface area contributed by atoms with Crippen LogP contribution in [0.25, 0.3) is 72.1 Å². The maximum absolute atomic E-state index is 9.91. The smallest absolute Gasteiger partial charge is 0.135 e. The molecule has 0 N–H and O–H groups in total. The largest absolute Gasteiger partial charge is 0.509 e. The summed E-state index contributed by atoms with van der Waals surface area (Å²) in [6.07, 6.45) is 1.64. The second-order valence-electron chi connectivity index (χ2n) is 31.7. The van der Waals surface area contributed by atoms with E-state index in [1.165, 1.54) is 44.5 Å². The van der Waals surface area contributed by atoms with Gasteiger partial charge in [-0.2, -0.15) is 12.1 Å². The number of anilines is 7. The molecular formula is C96H84N5OPt-3. The Morgan fingerprint density at radius 3 is 1.66 bits per heavy atom. The third-order valence-corrected chi connectivity index (χ3v) is 21.1. The van der Waals surface area contributed by atoms with Gasteiger partial charge in [0, 0.05) is 89.2 Å². The fraction of sp³-hybridized carbons (Fsp3) is 0.188. The topological polar surface area (TPSA) is 36.8 Å². The first kappa shape index (κ1) is 60.1. The molecule has 0 amide bonds. The molecule has 0 saturated carbocycles. The van der Waals surface area contributed by atoms with Gasteiger partial charge in [0.25, 0.3) is 0 Å². The third kappa shape index (κ3) is 11.2. The van der Waals surface area contributed by atoms with Crippen molar-refractivity contribution in [3.8, 4) is 61.8 Å². The molecular weight excluding hydrogens is 1430 g/mol. The Labute approximate surface area is 630 Å². The number of ether oxygens (including phenoxy) is 1. The van der Waals surface area contributed by atoms with Crippen LogP contribution in [0.3, 0.4) is 0 Å². The number of fused-ring (bicyclic) bond motifs is 13. The van der Waals surface area contributed by atoms with Crippen LogP contribution in [0.1, 0.15) is 141 Å². The van der Waals surface area contributed by atoms with Gasteiger partial charge in [0.1, 0.15) is 5.82 Å². The Bertz CT molecular complexity index is 5910. The Morgan fingerprint density at radius 2 is 1.00 bits per heavy atom. The van der Waals surface area contributed by atoms with Gasteiger partial charge in [-0.1, -0.05) is 252 Å². The van der Waals surface area contributed by atoms with Gasteiger partial charge >= 0.3 is 0 Å². The average Bonchev–Trinajstić information content (AvgIpc) is 1.55. The molecule has 3 aliphatic rings. The molecule has 7 heteroatoms. The second kappa shape index (κ2) is 24.9. The Morgan fingerprint density at radius 1 is 0.437 bits per heavy atom. The molecule has 1 aliphatic carbocycles. The summed E-state index contributed by atoms with van der Waals surface area (Å²) in [4.78, 5) is 11.6. The summed E-state index contributed by atoms with van der Waals surface area (Å²) in [6, 6.07) is 92.1. The van der Waals surface area contributed by atoms with Gasteiger partial charge in [0.2, 0.25) is 0 Å². The van der Waals surface area contributed by atoms with Crippen LogP contribution in [0.15, 0.2) is 267 Å². The van der Waals surface area contributed by atoms with Crippen molar-refractivity contribution in [3.05, 3.63) is 336 Å². The molecule has 0 radical (unpaired) electrons. The van der Waals surface area contributed by atoms with Gasteiger partial charge in [-0.15, -0.1) is 48.0 Å². The number of benzene rings is 12. The molecule has 0 unspecified atom stereocenters. The molecule has 6 nitrogen and oxygen atoms in total. The van der Waals surface area contributed by atoms with Crippen molar-refractivity contribution in [1.29, 1.82) is 0 Å². The molecule has 0 fully saturated rings. The number of hydrogen-bond donors (Lipinski definition) is 0. The van der Waals surface area contributed by atoms with E-state index in [1.807, 2.05) is 88.9 Å². The summed E-state index contributed by atoms with van der Waals surface area (Å²) in [5, 5.41) is 1.71. The number of para-hydroxylation sites is 6. The summed E-state index contributed by atoms with van der Waals surface area (Å²) in [6.45, 7) is 26.6. The molecule has 2 aromatic heterocycles. The van der Waals surface area contributed by atoms with E-state index in [9.17, 15) is 4.11 Å². The third-order valence-electron chi connectivity index (χ3n) is 21.1. The minimum absolute atomic E-state index is 0. The van der Waals surface area contributed by atoms with E-state index in [0.29, 0.717) is 16.9 Å². The quantitative estimate of drug-likeness (QED) is 0.135. The van der Waals surface area contributed by atoms with E-state index < -0.39 is 12.3 Å². The zero-order valence-corrected chi connectivity index (χ0v) is 62.5. The van der Waals surface area contributed by atoms with Crippen molar-refractivity contribution in [2.24, 2.45) is 0 Å². The minimum Gasteiger partial charge on any atom is -0.509 e. The summed E-state index contributed by atoms with van der Waals surface area (Å²) >= 11 is 0. The van der Waals surface area contributed by atoms with Crippen LogP contribution in [0.5, 0.6) is 11.5 Å². The number of aromatic nitrogens is 2. The van der Waals surface area contributed by atoms with Crippen LogP contribution >= 0.6 is 0 Å². The van der Waals surface area contributed by atoms with Gasteiger partial charge in [0.15, 0.2) is 0 Å². The minimum atomic E-state index is -2.49. The molecule has 0 bridgehead atoms. The van der Waals surface area contributed by atoms with Gasteiger partial charge in [-0.05, 0) is 181 Å². The molecule has 2 aliphatic heterocycles. The summed E-state index contributed by atoms with van der Waals surface area (Å²) in [5.74, 6) is 0.518. The molecule has 12 aromatic carbocycles. The van der Waals surface area contributed by atoms with Crippen LogP contribution in [-0.4, -0.2) is 9.55 Å². The van der Waals surface area contributed by atoms with Crippen LogP contribution in [0.2, 0.25) is 0 Å². The number of pyridine rings is 1. The van der Waals surface area contributed by atoms with Crippen LogP contribution in [-0.2, 0) is 48.1 Å². The SMILES string of the molecule is [2H]c1c(Oc2[c-]c3c(cc2)c2ccccc2n3-c2cc(C([2H])([2H])[2H])c(-c3ccc(C(C)(C)C)cc3)cn2)[c-]c(N2[CH-]N(c3c(-c4cc(C(C)(C)C)cc(C(C)(C)C)c4)cc(C(C)(C)C)cc3-c3ccc4c(c3)C3(c5ccccc5-4)c4ccccc4N(c4ccccc4)c4ccccc43)c3ccccc32)c([2H])c1[2H].[Pt]. The van der Waals surface area contributed by atoms with Crippen molar-refractivity contribution in [2.75, 3.05) is 14.7 Å². The van der Waals surface area contributed by atoms with Crippen LogP contribution < -0.4 is 19.4 Å². The molecule has 4 heterocycles. The van der Waals surface area contributed by atoms with Crippen LogP contribution in [0, 0.1) is 25.7 Å². The molecule has 103 heavy (non-hydrogen) atoms. The normalized spacial score (nSPS) is 14.7. The van der Waals surface area contributed by atoms with E-state index in [-0.39, 0.29) is 83.6 Å². The Hall–Kier alpha value is -10.5. The maximum Gasteiger partial charge on any atom is 0.135 e. The first-order valence-electron chi connectivity index (χ1n) is 38.4. The standard InChI is InChI=1S/C96H84N5O.Pt/c1-61-50-90(97-59-79(61)62-42-45-65(46-43-62)92(2,3)4)101-84-37-22-18-33-75(84)76-49-47-72(58-89(76)101)102-71-31-27-30-70(57-71)98-60-99(88-41-26-25-40-87(88)98)91-77(55-68(95(11,12)13)56-78(91)64-51-66(93(5,6)7)54-67(52-64)94(8,9)10)63-44-48-74-73-32-17-19-34-80(73)96(83(74)53-63)81-35-20-23-38-85(81)100(69-28-15-14-16-29-69)86-39-24-21-36-82(86)96;/h14-56,59-60H,1-13H3;/q-3;/i1D3,27D,30D,31D;.